The minimum Gasteiger partial charge on any atom is -0.291 e. The SMILES string of the molecule is FC(F)(F)C1(C(F)(F)F)NC2C(Br)CC1C2Br. The monoisotopic (exact) mass is 389 g/mol. The van der Waals surface area contributed by atoms with Gasteiger partial charge in [0, 0.05) is 21.6 Å². The molecule has 1 aliphatic carbocycles. The van der Waals surface area contributed by atoms with Gasteiger partial charge in [0.25, 0.3) is 0 Å². The molecule has 1 nitrogen and oxygen atoms in total. The second-order valence-corrected chi connectivity index (χ2v) is 6.51. The Morgan fingerprint density at radius 3 is 1.71 bits per heavy atom. The highest BCUT2D eigenvalue weighted by Gasteiger charge is 2.81. The summed E-state index contributed by atoms with van der Waals surface area (Å²) in [6.45, 7) is 0. The van der Waals surface area contributed by atoms with Gasteiger partial charge >= 0.3 is 12.4 Å². The molecule has 2 rings (SSSR count). The van der Waals surface area contributed by atoms with Crippen molar-refractivity contribution >= 4 is 31.9 Å². The van der Waals surface area contributed by atoms with E-state index in [2.05, 4.69) is 31.9 Å². The lowest BCUT2D eigenvalue weighted by molar-refractivity contribution is -0.318. The van der Waals surface area contributed by atoms with Crippen LogP contribution in [0, 0.1) is 5.92 Å². The van der Waals surface area contributed by atoms with Crippen molar-refractivity contribution in [3.05, 3.63) is 0 Å². The predicted molar refractivity (Wildman–Crippen MR) is 55.3 cm³/mol. The normalized spacial score (nSPS) is 40.9. The van der Waals surface area contributed by atoms with Gasteiger partial charge in [-0.25, -0.2) is 0 Å². The summed E-state index contributed by atoms with van der Waals surface area (Å²) < 4.78 is 77.1. The van der Waals surface area contributed by atoms with Gasteiger partial charge in [-0.15, -0.1) is 0 Å². The van der Waals surface area contributed by atoms with Gasteiger partial charge in [-0.2, -0.15) is 26.3 Å². The molecule has 0 aromatic heterocycles. The van der Waals surface area contributed by atoms with Crippen LogP contribution in [0.3, 0.4) is 0 Å². The number of fused-ring (bicyclic) bond motifs is 2. The zero-order valence-electron chi connectivity index (χ0n) is 8.04. The number of halogens is 8. The summed E-state index contributed by atoms with van der Waals surface area (Å²) in [6, 6.07) is -0.872. The molecule has 4 unspecified atom stereocenters. The Bertz CT molecular complexity index is 313. The Kier molecular flexibility index (Phi) is 3.07. The molecule has 1 heterocycles. The summed E-state index contributed by atoms with van der Waals surface area (Å²) in [5.41, 5.74) is -3.79. The van der Waals surface area contributed by atoms with E-state index in [1.807, 2.05) is 0 Å². The zero-order chi connectivity index (χ0) is 13.2. The molecule has 1 aliphatic heterocycles. The number of hydrogen-bond donors (Lipinski definition) is 1. The molecule has 0 spiro atoms. The highest BCUT2D eigenvalue weighted by molar-refractivity contribution is 9.10. The van der Waals surface area contributed by atoms with Crippen LogP contribution < -0.4 is 5.32 Å². The Labute approximate surface area is 110 Å². The second kappa shape index (κ2) is 3.75. The second-order valence-electron chi connectivity index (χ2n) is 4.28. The molecule has 1 saturated heterocycles. The van der Waals surface area contributed by atoms with Crippen LogP contribution in [0.2, 0.25) is 0 Å². The van der Waals surface area contributed by atoms with E-state index < -0.39 is 34.7 Å². The third-order valence-electron chi connectivity index (χ3n) is 3.44. The largest absolute Gasteiger partial charge is 0.415 e. The van der Waals surface area contributed by atoms with E-state index in [-0.39, 0.29) is 11.2 Å². The van der Waals surface area contributed by atoms with Crippen molar-refractivity contribution in [2.75, 3.05) is 0 Å². The maximum atomic E-state index is 12.9. The highest BCUT2D eigenvalue weighted by atomic mass is 79.9. The minimum atomic E-state index is -5.36. The average molecular weight is 391 g/mol. The number of hydrogen-bond acceptors (Lipinski definition) is 1. The third-order valence-corrected chi connectivity index (χ3v) is 5.59. The van der Waals surface area contributed by atoms with Gasteiger partial charge in [0.1, 0.15) is 0 Å². The van der Waals surface area contributed by atoms with E-state index in [1.165, 1.54) is 0 Å². The van der Waals surface area contributed by atoms with Crippen molar-refractivity contribution in [1.29, 1.82) is 0 Å². The van der Waals surface area contributed by atoms with Crippen LogP contribution in [-0.2, 0) is 0 Å². The summed E-state index contributed by atoms with van der Waals surface area (Å²) in [5.74, 6) is -1.54. The topological polar surface area (TPSA) is 12.0 Å². The molecular weight excluding hydrogens is 384 g/mol. The van der Waals surface area contributed by atoms with Gasteiger partial charge in [0.15, 0.2) is 0 Å². The van der Waals surface area contributed by atoms with E-state index in [0.29, 0.717) is 0 Å². The summed E-state index contributed by atoms with van der Waals surface area (Å²) >= 11 is 6.03. The lowest BCUT2D eigenvalue weighted by Crippen LogP contribution is -2.70. The van der Waals surface area contributed by atoms with Gasteiger partial charge < -0.3 is 0 Å². The minimum absolute atomic E-state index is 0.160. The molecule has 0 amide bonds. The van der Waals surface area contributed by atoms with Crippen LogP contribution in [0.4, 0.5) is 26.3 Å². The summed E-state index contributed by atoms with van der Waals surface area (Å²) in [6.07, 6.45) is -10.9. The fourth-order valence-electron chi connectivity index (χ4n) is 2.67. The highest BCUT2D eigenvalue weighted by Crippen LogP contribution is 2.59. The Morgan fingerprint density at radius 2 is 1.47 bits per heavy atom. The molecule has 9 heteroatoms. The van der Waals surface area contributed by atoms with Crippen LogP contribution in [0.1, 0.15) is 6.42 Å². The predicted octanol–water partition coefficient (Wildman–Crippen LogP) is 3.37. The maximum absolute atomic E-state index is 12.9. The molecule has 4 atom stereocenters. The number of piperidine rings is 1. The zero-order valence-corrected chi connectivity index (χ0v) is 11.2. The van der Waals surface area contributed by atoms with E-state index in [4.69, 9.17) is 0 Å². The number of rotatable bonds is 0. The fourth-order valence-corrected chi connectivity index (χ4v) is 5.06. The van der Waals surface area contributed by atoms with Gasteiger partial charge in [0.05, 0.1) is 0 Å². The van der Waals surface area contributed by atoms with E-state index >= 15 is 0 Å². The van der Waals surface area contributed by atoms with Gasteiger partial charge in [-0.1, -0.05) is 31.9 Å². The molecule has 0 radical (unpaired) electrons. The van der Waals surface area contributed by atoms with Gasteiger partial charge in [0.2, 0.25) is 5.54 Å². The third kappa shape index (κ3) is 1.68. The van der Waals surface area contributed by atoms with Crippen molar-refractivity contribution < 1.29 is 26.3 Å². The van der Waals surface area contributed by atoms with Gasteiger partial charge in [-0.3, -0.25) is 5.32 Å². The number of nitrogens with one attached hydrogen (secondary N) is 1. The van der Waals surface area contributed by atoms with Crippen molar-refractivity contribution in [2.24, 2.45) is 5.92 Å². The molecule has 2 bridgehead atoms. The van der Waals surface area contributed by atoms with E-state index in [1.54, 1.807) is 5.32 Å². The first kappa shape index (κ1) is 13.9. The smallest absolute Gasteiger partial charge is 0.291 e. The summed E-state index contributed by atoms with van der Waals surface area (Å²) in [5, 5.41) is 1.74. The standard InChI is InChI=1S/C8H7Br2F6N/c9-3-1-2-4(10)5(3)17-6(2,7(11,12)13)8(14,15)16/h2-5,17H,1H2. The van der Waals surface area contributed by atoms with E-state index in [9.17, 15) is 26.3 Å². The van der Waals surface area contributed by atoms with Crippen molar-refractivity contribution in [2.45, 2.75) is 40.0 Å². The van der Waals surface area contributed by atoms with Crippen LogP contribution in [-0.4, -0.2) is 33.6 Å². The van der Waals surface area contributed by atoms with Crippen molar-refractivity contribution in [3.8, 4) is 0 Å². The Hall–Kier alpha value is 0.500. The van der Waals surface area contributed by atoms with Crippen LogP contribution in [0.5, 0.6) is 0 Å². The van der Waals surface area contributed by atoms with Crippen LogP contribution in [0.15, 0.2) is 0 Å². The molecule has 0 aromatic rings. The molecule has 17 heavy (non-hydrogen) atoms. The average Bonchev–Trinajstić information content (AvgIpc) is 2.53. The Balaban J connectivity index is 2.48. The Morgan fingerprint density at radius 1 is 1.00 bits per heavy atom. The van der Waals surface area contributed by atoms with Gasteiger partial charge in [-0.05, 0) is 6.42 Å². The fraction of sp³-hybridized carbons (Fsp3) is 1.00. The first-order chi connectivity index (χ1) is 7.52. The maximum Gasteiger partial charge on any atom is 0.415 e. The number of alkyl halides is 8. The summed E-state index contributed by atoms with van der Waals surface area (Å²) in [7, 11) is 0. The molecule has 100 valence electrons. The molecular formula is C8H7Br2F6N. The molecule has 2 fully saturated rings. The van der Waals surface area contributed by atoms with E-state index in [0.717, 1.165) is 0 Å². The van der Waals surface area contributed by atoms with Crippen LogP contribution in [0.25, 0.3) is 0 Å². The quantitative estimate of drug-likeness (QED) is 0.494. The molecule has 2 aliphatic rings. The summed E-state index contributed by atoms with van der Waals surface area (Å²) in [4.78, 5) is -1.22. The molecule has 0 aromatic carbocycles. The molecule has 1 N–H and O–H groups in total. The van der Waals surface area contributed by atoms with Crippen molar-refractivity contribution in [3.63, 3.8) is 0 Å². The van der Waals surface area contributed by atoms with Crippen molar-refractivity contribution in [1.82, 2.24) is 5.32 Å². The lowest BCUT2D eigenvalue weighted by Gasteiger charge is -2.41. The van der Waals surface area contributed by atoms with Crippen LogP contribution >= 0.6 is 31.9 Å². The lowest BCUT2D eigenvalue weighted by atomic mass is 9.82. The molecule has 1 saturated carbocycles. The first-order valence-corrected chi connectivity index (χ1v) is 6.55. The first-order valence-electron chi connectivity index (χ1n) is 4.71.